The summed E-state index contributed by atoms with van der Waals surface area (Å²) in [5.41, 5.74) is 0.462. The zero-order valence-corrected chi connectivity index (χ0v) is 11.5. The van der Waals surface area contributed by atoms with E-state index in [1.165, 1.54) is 31.4 Å². The third-order valence-electron chi connectivity index (χ3n) is 3.72. The average Bonchev–Trinajstić information content (AvgIpc) is 2.41. The summed E-state index contributed by atoms with van der Waals surface area (Å²) in [6.45, 7) is 2.81. The summed E-state index contributed by atoms with van der Waals surface area (Å²) >= 11 is 0. The van der Waals surface area contributed by atoms with E-state index in [-0.39, 0.29) is 11.6 Å². The van der Waals surface area contributed by atoms with Crippen LogP contribution in [0.15, 0.2) is 18.2 Å². The SMILES string of the molecule is CN(CCc1cc(F)ccc1F)CC1CCCCN1. The Bertz CT molecular complexity index is 403. The first-order valence-corrected chi connectivity index (χ1v) is 7.01. The quantitative estimate of drug-likeness (QED) is 0.883. The van der Waals surface area contributed by atoms with E-state index in [2.05, 4.69) is 10.2 Å². The smallest absolute Gasteiger partial charge is 0.126 e. The highest BCUT2D eigenvalue weighted by atomic mass is 19.1. The Balaban J connectivity index is 1.79. The van der Waals surface area contributed by atoms with Crippen LogP contribution in [0.25, 0.3) is 0 Å². The van der Waals surface area contributed by atoms with E-state index in [1.807, 2.05) is 7.05 Å². The van der Waals surface area contributed by atoms with E-state index >= 15 is 0 Å². The van der Waals surface area contributed by atoms with Gasteiger partial charge in [0.25, 0.3) is 0 Å². The first-order valence-electron chi connectivity index (χ1n) is 7.01. The topological polar surface area (TPSA) is 15.3 Å². The van der Waals surface area contributed by atoms with Crippen LogP contribution in [0.2, 0.25) is 0 Å². The molecule has 1 aliphatic rings. The summed E-state index contributed by atoms with van der Waals surface area (Å²) in [6, 6.07) is 4.19. The molecule has 1 unspecified atom stereocenters. The molecule has 0 aromatic heterocycles. The minimum absolute atomic E-state index is 0.314. The Morgan fingerprint density at radius 1 is 1.32 bits per heavy atom. The number of hydrogen-bond acceptors (Lipinski definition) is 2. The molecule has 106 valence electrons. The summed E-state index contributed by atoms with van der Waals surface area (Å²) < 4.78 is 26.5. The van der Waals surface area contributed by atoms with Crippen molar-refractivity contribution in [2.75, 3.05) is 26.7 Å². The Hall–Kier alpha value is -1.00. The molecule has 4 heteroatoms. The largest absolute Gasteiger partial charge is 0.313 e. The van der Waals surface area contributed by atoms with Gasteiger partial charge in [-0.05, 0) is 56.6 Å². The number of halogens is 2. The second kappa shape index (κ2) is 6.96. The van der Waals surface area contributed by atoms with Gasteiger partial charge in [0.15, 0.2) is 0 Å². The Morgan fingerprint density at radius 2 is 2.16 bits per heavy atom. The first kappa shape index (κ1) is 14.4. The first-order chi connectivity index (χ1) is 9.15. The van der Waals surface area contributed by atoms with Gasteiger partial charge in [-0.15, -0.1) is 0 Å². The van der Waals surface area contributed by atoms with Gasteiger partial charge in [-0.2, -0.15) is 0 Å². The van der Waals surface area contributed by atoms with E-state index < -0.39 is 0 Å². The lowest BCUT2D eigenvalue weighted by Gasteiger charge is -2.28. The predicted octanol–water partition coefficient (Wildman–Crippen LogP) is 2.58. The van der Waals surface area contributed by atoms with Crippen LogP contribution < -0.4 is 5.32 Å². The molecule has 2 rings (SSSR count). The number of hydrogen-bond donors (Lipinski definition) is 1. The van der Waals surface area contributed by atoms with E-state index in [9.17, 15) is 8.78 Å². The molecule has 1 aromatic rings. The molecule has 0 aliphatic carbocycles. The molecule has 0 saturated carbocycles. The summed E-state index contributed by atoms with van der Waals surface area (Å²) in [7, 11) is 2.04. The minimum atomic E-state index is -0.368. The van der Waals surface area contributed by atoms with Crippen molar-refractivity contribution < 1.29 is 8.78 Å². The maximum absolute atomic E-state index is 13.5. The molecule has 1 saturated heterocycles. The monoisotopic (exact) mass is 268 g/mol. The van der Waals surface area contributed by atoms with Crippen LogP contribution >= 0.6 is 0 Å². The molecule has 1 aliphatic heterocycles. The van der Waals surface area contributed by atoms with Crippen LogP contribution in [0.3, 0.4) is 0 Å². The lowest BCUT2D eigenvalue weighted by molar-refractivity contribution is 0.264. The summed E-state index contributed by atoms with van der Waals surface area (Å²) in [5.74, 6) is -0.682. The van der Waals surface area contributed by atoms with Crippen molar-refractivity contribution in [2.24, 2.45) is 0 Å². The molecule has 2 nitrogen and oxygen atoms in total. The summed E-state index contributed by atoms with van der Waals surface area (Å²) in [4.78, 5) is 2.19. The highest BCUT2D eigenvalue weighted by Crippen LogP contribution is 2.12. The molecule has 19 heavy (non-hydrogen) atoms. The van der Waals surface area contributed by atoms with Crippen LogP contribution in [-0.2, 0) is 6.42 Å². The van der Waals surface area contributed by atoms with Crippen LogP contribution in [0.4, 0.5) is 8.78 Å². The molecule has 1 fully saturated rings. The minimum Gasteiger partial charge on any atom is -0.313 e. The van der Waals surface area contributed by atoms with Gasteiger partial charge in [0.2, 0.25) is 0 Å². The zero-order chi connectivity index (χ0) is 13.7. The number of benzene rings is 1. The molecule has 1 atom stereocenters. The molecule has 0 radical (unpaired) electrons. The number of nitrogens with zero attached hydrogens (tertiary/aromatic N) is 1. The second-order valence-electron chi connectivity index (χ2n) is 5.39. The maximum Gasteiger partial charge on any atom is 0.126 e. The van der Waals surface area contributed by atoms with Gasteiger partial charge in [-0.1, -0.05) is 6.42 Å². The normalized spacial score (nSPS) is 19.9. The number of likely N-dealkylation sites (N-methyl/N-ethyl adjacent to an activating group) is 1. The second-order valence-corrected chi connectivity index (χ2v) is 5.39. The van der Waals surface area contributed by atoms with E-state index in [0.717, 1.165) is 25.7 Å². The maximum atomic E-state index is 13.5. The highest BCUT2D eigenvalue weighted by Gasteiger charge is 2.14. The van der Waals surface area contributed by atoms with Gasteiger partial charge >= 0.3 is 0 Å². The van der Waals surface area contributed by atoms with Crippen molar-refractivity contribution >= 4 is 0 Å². The third-order valence-corrected chi connectivity index (χ3v) is 3.72. The summed E-state index contributed by atoms with van der Waals surface area (Å²) in [5, 5.41) is 3.49. The molecule has 1 aromatic carbocycles. The van der Waals surface area contributed by atoms with Crippen LogP contribution in [0, 0.1) is 11.6 Å². The van der Waals surface area contributed by atoms with Crippen LogP contribution in [0.5, 0.6) is 0 Å². The van der Waals surface area contributed by atoms with Crippen molar-refractivity contribution in [2.45, 2.75) is 31.7 Å². The molecule has 0 spiro atoms. The number of nitrogens with one attached hydrogen (secondary N) is 1. The Labute approximate surface area is 113 Å². The van der Waals surface area contributed by atoms with Gasteiger partial charge < -0.3 is 10.2 Å². The standard InChI is InChI=1S/C15H22F2N2/c1-19(11-14-4-2-3-8-18-14)9-7-12-10-13(16)5-6-15(12)17/h5-6,10,14,18H,2-4,7-9,11H2,1H3. The number of rotatable bonds is 5. The van der Waals surface area contributed by atoms with Gasteiger partial charge in [0.05, 0.1) is 0 Å². The van der Waals surface area contributed by atoms with Crippen molar-refractivity contribution in [1.29, 1.82) is 0 Å². The van der Waals surface area contributed by atoms with Gasteiger partial charge in [0.1, 0.15) is 11.6 Å². The number of piperidine rings is 1. The third kappa shape index (κ3) is 4.55. The van der Waals surface area contributed by atoms with Crippen molar-refractivity contribution in [3.63, 3.8) is 0 Å². The Morgan fingerprint density at radius 3 is 2.89 bits per heavy atom. The zero-order valence-electron chi connectivity index (χ0n) is 11.5. The van der Waals surface area contributed by atoms with Crippen molar-refractivity contribution in [3.8, 4) is 0 Å². The molecule has 1 heterocycles. The van der Waals surface area contributed by atoms with Crippen LogP contribution in [-0.4, -0.2) is 37.6 Å². The van der Waals surface area contributed by atoms with E-state index in [0.29, 0.717) is 18.0 Å². The predicted molar refractivity (Wildman–Crippen MR) is 73.2 cm³/mol. The fourth-order valence-corrected chi connectivity index (χ4v) is 2.59. The molecular formula is C15H22F2N2. The molecule has 0 bridgehead atoms. The fraction of sp³-hybridized carbons (Fsp3) is 0.600. The lowest BCUT2D eigenvalue weighted by Crippen LogP contribution is -2.42. The highest BCUT2D eigenvalue weighted by molar-refractivity contribution is 5.19. The van der Waals surface area contributed by atoms with Gasteiger partial charge in [-0.3, -0.25) is 0 Å². The van der Waals surface area contributed by atoms with E-state index in [4.69, 9.17) is 0 Å². The lowest BCUT2D eigenvalue weighted by atomic mass is 10.0. The molecular weight excluding hydrogens is 246 g/mol. The van der Waals surface area contributed by atoms with Gasteiger partial charge in [-0.25, -0.2) is 8.78 Å². The molecule has 1 N–H and O–H groups in total. The molecule has 0 amide bonds. The Kier molecular flexibility index (Phi) is 5.28. The fourth-order valence-electron chi connectivity index (χ4n) is 2.59. The van der Waals surface area contributed by atoms with Crippen LogP contribution in [0.1, 0.15) is 24.8 Å². The van der Waals surface area contributed by atoms with E-state index in [1.54, 1.807) is 0 Å². The van der Waals surface area contributed by atoms with Crippen molar-refractivity contribution in [3.05, 3.63) is 35.4 Å². The van der Waals surface area contributed by atoms with Crippen molar-refractivity contribution in [1.82, 2.24) is 10.2 Å². The average molecular weight is 268 g/mol. The summed E-state index contributed by atoms with van der Waals surface area (Å²) in [6.07, 6.45) is 4.30. The van der Waals surface area contributed by atoms with Gasteiger partial charge in [0, 0.05) is 19.1 Å².